The van der Waals surface area contributed by atoms with E-state index in [1.165, 1.54) is 23.5 Å². The zero-order valence-electron chi connectivity index (χ0n) is 9.76. The van der Waals surface area contributed by atoms with Gasteiger partial charge in [-0.2, -0.15) is 0 Å². The Labute approximate surface area is 114 Å². The van der Waals surface area contributed by atoms with Crippen LogP contribution in [0.1, 0.15) is 0 Å². The lowest BCUT2D eigenvalue weighted by Crippen LogP contribution is -1.91. The average Bonchev–Trinajstić information content (AvgIpc) is 2.74. The van der Waals surface area contributed by atoms with Crippen LogP contribution >= 0.6 is 11.3 Å². The maximum atomic E-state index is 13.7. The maximum absolute atomic E-state index is 13.7. The number of ether oxygens (including phenoxy) is 1. The molecule has 0 spiro atoms. The van der Waals surface area contributed by atoms with E-state index in [1.807, 2.05) is 0 Å². The second kappa shape index (κ2) is 4.55. The molecule has 0 aliphatic carbocycles. The Morgan fingerprint density at radius 2 is 2.05 bits per heavy atom. The van der Waals surface area contributed by atoms with Gasteiger partial charge in [0.2, 0.25) is 0 Å². The van der Waals surface area contributed by atoms with Crippen molar-refractivity contribution in [1.82, 2.24) is 4.98 Å². The number of nitrogen functional groups attached to an aromatic ring is 1. The first-order valence-electron chi connectivity index (χ1n) is 5.50. The van der Waals surface area contributed by atoms with Crippen molar-refractivity contribution in [3.8, 4) is 11.5 Å². The minimum atomic E-state index is -0.505. The SMILES string of the molecule is [B]c1cc2nccc(Oc3ccc(N)cc3F)c2s1. The van der Waals surface area contributed by atoms with Crippen molar-refractivity contribution in [2.75, 3.05) is 5.73 Å². The molecule has 92 valence electrons. The third-order valence-corrected chi connectivity index (χ3v) is 3.54. The Morgan fingerprint density at radius 3 is 2.84 bits per heavy atom. The summed E-state index contributed by atoms with van der Waals surface area (Å²) in [5, 5.41) is 0. The first kappa shape index (κ1) is 12.0. The highest BCUT2D eigenvalue weighted by molar-refractivity contribution is 7.26. The van der Waals surface area contributed by atoms with Crippen LogP contribution in [0, 0.1) is 5.82 Å². The summed E-state index contributed by atoms with van der Waals surface area (Å²) in [6.45, 7) is 0. The van der Waals surface area contributed by atoms with Crippen molar-refractivity contribution in [1.29, 1.82) is 0 Å². The van der Waals surface area contributed by atoms with E-state index >= 15 is 0 Å². The highest BCUT2D eigenvalue weighted by Gasteiger charge is 2.10. The topological polar surface area (TPSA) is 48.1 Å². The van der Waals surface area contributed by atoms with Crippen LogP contribution in [0.5, 0.6) is 11.5 Å². The van der Waals surface area contributed by atoms with Gasteiger partial charge in [0.25, 0.3) is 0 Å². The van der Waals surface area contributed by atoms with Gasteiger partial charge in [-0.25, -0.2) is 4.39 Å². The van der Waals surface area contributed by atoms with Crippen molar-refractivity contribution in [2.24, 2.45) is 0 Å². The number of fused-ring (bicyclic) bond motifs is 1. The molecule has 0 atom stereocenters. The van der Waals surface area contributed by atoms with Crippen molar-refractivity contribution >= 4 is 39.9 Å². The molecule has 2 radical (unpaired) electrons. The highest BCUT2D eigenvalue weighted by Crippen LogP contribution is 2.32. The number of pyridine rings is 1. The number of nitrogens with zero attached hydrogens (tertiary/aromatic N) is 1. The van der Waals surface area contributed by atoms with Gasteiger partial charge in [-0.15, -0.1) is 11.3 Å². The van der Waals surface area contributed by atoms with E-state index in [4.69, 9.17) is 18.3 Å². The summed E-state index contributed by atoms with van der Waals surface area (Å²) < 4.78 is 20.7. The lowest BCUT2D eigenvalue weighted by atomic mass is 10.1. The van der Waals surface area contributed by atoms with E-state index in [-0.39, 0.29) is 5.75 Å². The number of nitrogens with two attached hydrogens (primary N) is 1. The van der Waals surface area contributed by atoms with E-state index in [0.717, 1.165) is 10.2 Å². The number of halogens is 1. The van der Waals surface area contributed by atoms with Crippen LogP contribution in [-0.2, 0) is 0 Å². The molecule has 6 heteroatoms. The molecule has 0 fully saturated rings. The van der Waals surface area contributed by atoms with Crippen LogP contribution in [0.3, 0.4) is 0 Å². The minimum absolute atomic E-state index is 0.119. The van der Waals surface area contributed by atoms with Gasteiger partial charge in [0.15, 0.2) is 11.6 Å². The van der Waals surface area contributed by atoms with Crippen molar-refractivity contribution < 1.29 is 9.13 Å². The Hall–Kier alpha value is -2.08. The third kappa shape index (κ3) is 2.26. The summed E-state index contributed by atoms with van der Waals surface area (Å²) in [5.74, 6) is 0.138. The van der Waals surface area contributed by atoms with Gasteiger partial charge in [-0.05, 0) is 23.0 Å². The highest BCUT2D eigenvalue weighted by atomic mass is 32.1. The Balaban J connectivity index is 2.05. The minimum Gasteiger partial charge on any atom is -0.453 e. The van der Waals surface area contributed by atoms with Gasteiger partial charge < -0.3 is 10.5 Å². The molecular formula is C13H8BFN2OS. The summed E-state index contributed by atoms with van der Waals surface area (Å²) in [6, 6.07) is 7.73. The fourth-order valence-electron chi connectivity index (χ4n) is 1.73. The zero-order chi connectivity index (χ0) is 13.4. The fraction of sp³-hybridized carbons (Fsp3) is 0. The Kier molecular flexibility index (Phi) is 2.87. The molecule has 2 N–H and O–H groups in total. The van der Waals surface area contributed by atoms with Crippen LogP contribution in [0.4, 0.5) is 10.1 Å². The zero-order valence-corrected chi connectivity index (χ0v) is 10.6. The number of benzene rings is 1. The van der Waals surface area contributed by atoms with Crippen LogP contribution in [0.25, 0.3) is 10.2 Å². The molecule has 3 rings (SSSR count). The second-order valence-electron chi connectivity index (χ2n) is 3.96. The molecule has 1 aromatic carbocycles. The molecule has 0 amide bonds. The number of hydrogen-bond donors (Lipinski definition) is 1. The normalized spacial score (nSPS) is 10.8. The molecule has 2 aromatic heterocycles. The molecule has 0 saturated heterocycles. The monoisotopic (exact) mass is 270 g/mol. The standard InChI is InChI=1S/C13H8BFN2OS/c14-12-6-9-13(19-12)11(3-4-17-9)18-10-2-1-7(16)5-8(10)15/h1-6H,16H2. The lowest BCUT2D eigenvalue weighted by Gasteiger charge is -2.07. The van der Waals surface area contributed by atoms with E-state index < -0.39 is 5.82 Å². The van der Waals surface area contributed by atoms with Crippen LogP contribution in [0.2, 0.25) is 0 Å². The van der Waals surface area contributed by atoms with E-state index in [9.17, 15) is 4.39 Å². The summed E-state index contributed by atoms with van der Waals surface area (Å²) in [6.07, 6.45) is 1.60. The smallest absolute Gasteiger partial charge is 0.167 e. The van der Waals surface area contributed by atoms with Gasteiger partial charge >= 0.3 is 0 Å². The van der Waals surface area contributed by atoms with Crippen LogP contribution < -0.4 is 15.2 Å². The average molecular weight is 270 g/mol. The third-order valence-electron chi connectivity index (χ3n) is 2.57. The van der Waals surface area contributed by atoms with E-state index in [0.29, 0.717) is 16.2 Å². The quantitative estimate of drug-likeness (QED) is 0.575. The summed E-state index contributed by atoms with van der Waals surface area (Å²) in [4.78, 5) is 4.18. The first-order valence-corrected chi connectivity index (χ1v) is 6.32. The van der Waals surface area contributed by atoms with Gasteiger partial charge in [0, 0.05) is 24.0 Å². The maximum Gasteiger partial charge on any atom is 0.167 e. The number of anilines is 1. The second-order valence-corrected chi connectivity index (χ2v) is 5.05. The lowest BCUT2D eigenvalue weighted by molar-refractivity contribution is 0.447. The van der Waals surface area contributed by atoms with Gasteiger partial charge in [-0.1, -0.05) is 0 Å². The van der Waals surface area contributed by atoms with Gasteiger partial charge in [-0.3, -0.25) is 4.98 Å². The molecule has 3 aromatic rings. The van der Waals surface area contributed by atoms with Crippen molar-refractivity contribution in [2.45, 2.75) is 0 Å². The Bertz CT molecular complexity index is 759. The molecule has 0 saturated carbocycles. The number of rotatable bonds is 2. The first-order chi connectivity index (χ1) is 9.13. The summed E-state index contributed by atoms with van der Waals surface area (Å²) in [5.41, 5.74) is 6.58. The van der Waals surface area contributed by atoms with Crippen molar-refractivity contribution in [3.63, 3.8) is 0 Å². The molecule has 19 heavy (non-hydrogen) atoms. The van der Waals surface area contributed by atoms with E-state index in [1.54, 1.807) is 24.4 Å². The molecule has 0 bridgehead atoms. The summed E-state index contributed by atoms with van der Waals surface area (Å²) in [7, 11) is 5.73. The van der Waals surface area contributed by atoms with Gasteiger partial charge in [0.05, 0.1) is 10.2 Å². The number of thiophene rings is 1. The molecule has 3 nitrogen and oxygen atoms in total. The predicted molar refractivity (Wildman–Crippen MR) is 75.9 cm³/mol. The van der Waals surface area contributed by atoms with E-state index in [2.05, 4.69) is 4.98 Å². The predicted octanol–water partition coefficient (Wildman–Crippen LogP) is 2.60. The fourth-order valence-corrected chi connectivity index (χ4v) is 2.56. The molecule has 0 unspecified atom stereocenters. The largest absolute Gasteiger partial charge is 0.453 e. The Morgan fingerprint density at radius 1 is 1.21 bits per heavy atom. The number of hydrogen-bond acceptors (Lipinski definition) is 4. The van der Waals surface area contributed by atoms with Crippen molar-refractivity contribution in [3.05, 3.63) is 42.3 Å². The molecular weight excluding hydrogens is 262 g/mol. The molecule has 2 heterocycles. The summed E-state index contributed by atoms with van der Waals surface area (Å²) >= 11 is 1.35. The van der Waals surface area contributed by atoms with Crippen LogP contribution in [0.15, 0.2) is 36.5 Å². The van der Waals surface area contributed by atoms with Crippen LogP contribution in [-0.4, -0.2) is 12.8 Å². The molecule has 0 aliphatic rings. The molecule has 0 aliphatic heterocycles. The number of aromatic nitrogens is 1. The van der Waals surface area contributed by atoms with Gasteiger partial charge in [0.1, 0.15) is 13.6 Å².